The number of anilines is 1. The Morgan fingerprint density at radius 3 is 2.39 bits per heavy atom. The average Bonchev–Trinajstić information content (AvgIpc) is 2.69. The van der Waals surface area contributed by atoms with Gasteiger partial charge in [0.15, 0.2) is 8.03 Å². The third kappa shape index (κ3) is 7.23. The monoisotopic (exact) mass is 410 g/mol. The van der Waals surface area contributed by atoms with Gasteiger partial charge in [-0.15, -0.1) is 0 Å². The Hall–Kier alpha value is -1.36. The summed E-state index contributed by atoms with van der Waals surface area (Å²) in [6, 6.07) is 9.13. The van der Waals surface area contributed by atoms with Crippen molar-refractivity contribution in [1.29, 1.82) is 0 Å². The summed E-state index contributed by atoms with van der Waals surface area (Å²) in [5, 5.41) is 16.4. The Morgan fingerprint density at radius 1 is 1.18 bits per heavy atom. The molecule has 158 valence electrons. The zero-order valence-electron chi connectivity index (χ0n) is 16.9. The lowest BCUT2D eigenvalue weighted by Gasteiger charge is -2.30. The van der Waals surface area contributed by atoms with Gasteiger partial charge in [-0.1, -0.05) is 51.3 Å². The summed E-state index contributed by atoms with van der Waals surface area (Å²) in [4.78, 5) is 22.4. The Balaban J connectivity index is 1.87. The van der Waals surface area contributed by atoms with Crippen molar-refractivity contribution in [2.24, 2.45) is 11.8 Å². The molecule has 1 aromatic carbocycles. The van der Waals surface area contributed by atoms with E-state index in [1.165, 1.54) is 6.42 Å². The van der Waals surface area contributed by atoms with Gasteiger partial charge in [0.25, 0.3) is 0 Å². The van der Waals surface area contributed by atoms with E-state index in [0.29, 0.717) is 0 Å². The second-order valence-electron chi connectivity index (χ2n) is 8.21. The maximum absolute atomic E-state index is 12.6. The molecule has 1 fully saturated rings. The Labute approximate surface area is 169 Å². The van der Waals surface area contributed by atoms with E-state index in [-0.39, 0.29) is 36.4 Å². The molecular weight excluding hydrogens is 375 g/mol. The highest BCUT2D eigenvalue weighted by atomic mass is 31.1. The van der Waals surface area contributed by atoms with E-state index >= 15 is 0 Å². The Morgan fingerprint density at radius 2 is 1.82 bits per heavy atom. The first-order valence-electron chi connectivity index (χ1n) is 10.4. The summed E-state index contributed by atoms with van der Waals surface area (Å²) in [6.07, 6.45) is 4.71. The first-order chi connectivity index (χ1) is 13.4. The van der Waals surface area contributed by atoms with Gasteiger partial charge in [0.2, 0.25) is 5.91 Å². The fourth-order valence-corrected chi connectivity index (χ4v) is 5.20. The van der Waals surface area contributed by atoms with Crippen LogP contribution in [0.15, 0.2) is 30.3 Å². The first kappa shape index (κ1) is 22.9. The lowest BCUT2D eigenvalue weighted by Crippen LogP contribution is -2.45. The van der Waals surface area contributed by atoms with Crippen LogP contribution in [-0.4, -0.2) is 40.3 Å². The molecule has 6 nitrogen and oxygen atoms in total. The maximum atomic E-state index is 12.6. The topological polar surface area (TPSA) is 98.7 Å². The standard InChI is InChI=1S/C21H35N2O4P/c1-15(2)20(23-17-11-7-4-8-12-17)21(25)22-14-18(24)13-19(28(26)27)16-9-5-3-6-10-16/h4,7-8,11-12,15-16,18-20,23-24,28H,3,5-6,9-10,13-14H2,1-2H3,(H,22,25)(H,26,27)/t18-,19?,20+/m1/s1. The summed E-state index contributed by atoms with van der Waals surface area (Å²) in [6.45, 7) is 4.03. The molecule has 0 heterocycles. The van der Waals surface area contributed by atoms with Crippen molar-refractivity contribution in [2.45, 2.75) is 70.2 Å². The Bertz CT molecular complexity index is 620. The van der Waals surface area contributed by atoms with Crippen molar-refractivity contribution in [1.82, 2.24) is 5.32 Å². The highest BCUT2D eigenvalue weighted by Crippen LogP contribution is 2.40. The van der Waals surface area contributed by atoms with E-state index in [0.717, 1.165) is 31.4 Å². The molecule has 0 spiro atoms. The van der Waals surface area contributed by atoms with E-state index in [9.17, 15) is 19.4 Å². The van der Waals surface area contributed by atoms with Crippen LogP contribution in [0.5, 0.6) is 0 Å². The van der Waals surface area contributed by atoms with Gasteiger partial charge in [0, 0.05) is 17.9 Å². The molecule has 4 atom stereocenters. The number of aliphatic hydroxyl groups excluding tert-OH is 1. The molecule has 1 aliphatic carbocycles. The van der Waals surface area contributed by atoms with Crippen molar-refractivity contribution in [3.8, 4) is 0 Å². The predicted molar refractivity (Wildman–Crippen MR) is 114 cm³/mol. The van der Waals surface area contributed by atoms with Crippen LogP contribution < -0.4 is 10.6 Å². The molecule has 7 heteroatoms. The number of carbonyl (C=O) groups excluding carboxylic acids is 1. The van der Waals surface area contributed by atoms with Crippen molar-refractivity contribution in [2.75, 3.05) is 11.9 Å². The van der Waals surface area contributed by atoms with E-state index in [2.05, 4.69) is 10.6 Å². The largest absolute Gasteiger partial charge is 0.391 e. The average molecular weight is 410 g/mol. The fraction of sp³-hybridized carbons (Fsp3) is 0.667. The molecular formula is C21H35N2O4P. The van der Waals surface area contributed by atoms with Crippen LogP contribution in [0.1, 0.15) is 52.4 Å². The zero-order chi connectivity index (χ0) is 20.5. The number of hydrogen-bond acceptors (Lipinski definition) is 4. The highest BCUT2D eigenvalue weighted by molar-refractivity contribution is 7.38. The number of para-hydroxylation sites is 1. The number of hydrogen-bond donors (Lipinski definition) is 4. The summed E-state index contributed by atoms with van der Waals surface area (Å²) in [5.41, 5.74) is 0.508. The quantitative estimate of drug-likeness (QED) is 0.443. The van der Waals surface area contributed by atoms with Gasteiger partial charge in [0.05, 0.1) is 6.10 Å². The lowest BCUT2D eigenvalue weighted by molar-refractivity contribution is -0.123. The predicted octanol–water partition coefficient (Wildman–Crippen LogP) is 3.41. The molecule has 2 unspecified atom stereocenters. The molecule has 2 rings (SSSR count). The highest BCUT2D eigenvalue weighted by Gasteiger charge is 2.30. The van der Waals surface area contributed by atoms with Crippen LogP contribution in [0.3, 0.4) is 0 Å². The number of nitrogens with one attached hydrogen (secondary N) is 2. The van der Waals surface area contributed by atoms with E-state index in [1.54, 1.807) is 0 Å². The molecule has 0 bridgehead atoms. The maximum Gasteiger partial charge on any atom is 0.242 e. The first-order valence-corrected chi connectivity index (χ1v) is 11.8. The van der Waals surface area contributed by atoms with Crippen molar-refractivity contribution in [3.05, 3.63) is 30.3 Å². The minimum Gasteiger partial charge on any atom is -0.391 e. The molecule has 1 saturated carbocycles. The van der Waals surface area contributed by atoms with Crippen LogP contribution in [0.2, 0.25) is 0 Å². The van der Waals surface area contributed by atoms with Gasteiger partial charge in [-0.2, -0.15) is 0 Å². The van der Waals surface area contributed by atoms with Gasteiger partial charge in [-0.05, 0) is 43.2 Å². The van der Waals surface area contributed by atoms with E-state index in [1.807, 2.05) is 44.2 Å². The smallest absolute Gasteiger partial charge is 0.242 e. The molecule has 0 saturated heterocycles. The number of carbonyl (C=O) groups is 1. The second kappa shape index (κ2) is 11.6. The number of aliphatic hydroxyl groups is 1. The van der Waals surface area contributed by atoms with E-state index in [4.69, 9.17) is 0 Å². The number of benzene rings is 1. The number of amides is 1. The van der Waals surface area contributed by atoms with Gasteiger partial charge >= 0.3 is 0 Å². The van der Waals surface area contributed by atoms with Crippen molar-refractivity contribution >= 4 is 19.6 Å². The summed E-state index contributed by atoms with van der Waals surface area (Å²) < 4.78 is 11.8. The summed E-state index contributed by atoms with van der Waals surface area (Å²) >= 11 is 0. The summed E-state index contributed by atoms with van der Waals surface area (Å²) in [7, 11) is -2.71. The van der Waals surface area contributed by atoms with Crippen molar-refractivity contribution < 1.29 is 19.4 Å². The normalized spacial score (nSPS) is 19.6. The molecule has 1 aliphatic rings. The fourth-order valence-electron chi connectivity index (χ4n) is 3.99. The summed E-state index contributed by atoms with van der Waals surface area (Å²) in [5.74, 6) is 0.101. The second-order valence-corrected chi connectivity index (χ2v) is 9.63. The third-order valence-corrected chi connectivity index (χ3v) is 6.96. The molecule has 28 heavy (non-hydrogen) atoms. The SMILES string of the molecule is CC(C)[C@H](Nc1ccccc1)C(=O)NC[C@H](O)CC(C1CCCCC1)[PH](=O)O. The van der Waals surface area contributed by atoms with Gasteiger partial charge in [0.1, 0.15) is 6.04 Å². The van der Waals surface area contributed by atoms with Crippen LogP contribution in [-0.2, 0) is 9.36 Å². The zero-order valence-corrected chi connectivity index (χ0v) is 17.9. The third-order valence-electron chi connectivity index (χ3n) is 5.62. The molecule has 1 aromatic rings. The van der Waals surface area contributed by atoms with Crippen molar-refractivity contribution in [3.63, 3.8) is 0 Å². The van der Waals surface area contributed by atoms with Gasteiger partial charge in [-0.25, -0.2) is 0 Å². The van der Waals surface area contributed by atoms with Gasteiger partial charge < -0.3 is 20.6 Å². The lowest BCUT2D eigenvalue weighted by atomic mass is 9.85. The van der Waals surface area contributed by atoms with Crippen LogP contribution >= 0.6 is 8.03 Å². The van der Waals surface area contributed by atoms with Crippen LogP contribution in [0.25, 0.3) is 0 Å². The minimum atomic E-state index is -2.71. The van der Waals surface area contributed by atoms with E-state index < -0.39 is 20.2 Å². The molecule has 0 aromatic heterocycles. The van der Waals surface area contributed by atoms with Crippen LogP contribution in [0, 0.1) is 11.8 Å². The van der Waals surface area contributed by atoms with Gasteiger partial charge in [-0.3, -0.25) is 9.36 Å². The molecule has 0 aliphatic heterocycles. The molecule has 4 N–H and O–H groups in total. The molecule has 0 radical (unpaired) electrons. The Kier molecular flexibility index (Phi) is 9.49. The van der Waals surface area contributed by atoms with Crippen LogP contribution in [0.4, 0.5) is 5.69 Å². The minimum absolute atomic E-state index is 0.0706. The molecule has 1 amide bonds. The number of rotatable bonds is 10.